The molecule has 0 bridgehead atoms. The molecule has 0 aliphatic carbocycles. The maximum absolute atomic E-state index is 14.3. The number of hydrogen-bond donors (Lipinski definition) is 1. The van der Waals surface area contributed by atoms with E-state index in [2.05, 4.69) is 5.32 Å². The topological polar surface area (TPSA) is 59.1 Å². The standard InChI is InChI=1S/C26H29F2N5O2/c1-30-13-19(22-7-6-20(27)12-23(22)28)14-31(17-30)16-25(34)32-10-8-21(9-11-32)33-15-18-4-2-3-5-24(18)29-26(33)35/h2-7,12,14,21H,8-11,13,15-17H2,1H3,(H,29,35). The number of nitrogens with one attached hydrogen (secondary N) is 1. The van der Waals surface area contributed by atoms with Gasteiger partial charge in [0.25, 0.3) is 0 Å². The van der Waals surface area contributed by atoms with Gasteiger partial charge < -0.3 is 20.0 Å². The van der Waals surface area contributed by atoms with Crippen LogP contribution >= 0.6 is 0 Å². The highest BCUT2D eigenvalue weighted by Gasteiger charge is 2.33. The van der Waals surface area contributed by atoms with Crippen LogP contribution in [0.1, 0.15) is 24.0 Å². The highest BCUT2D eigenvalue weighted by molar-refractivity contribution is 5.92. The van der Waals surface area contributed by atoms with Gasteiger partial charge in [-0.2, -0.15) is 0 Å². The molecule has 1 fully saturated rings. The number of hydrogen-bond acceptors (Lipinski definition) is 4. The van der Waals surface area contributed by atoms with E-state index in [0.29, 0.717) is 44.0 Å². The predicted octanol–water partition coefficient (Wildman–Crippen LogP) is 3.55. The van der Waals surface area contributed by atoms with E-state index < -0.39 is 11.6 Å². The summed E-state index contributed by atoms with van der Waals surface area (Å²) in [5.74, 6) is -1.22. The summed E-state index contributed by atoms with van der Waals surface area (Å²) >= 11 is 0. The van der Waals surface area contributed by atoms with Crippen molar-refractivity contribution in [3.8, 4) is 0 Å². The number of para-hydroxylation sites is 1. The van der Waals surface area contributed by atoms with Crippen LogP contribution in [0, 0.1) is 11.6 Å². The normalized spacial score (nSPS) is 19.3. The summed E-state index contributed by atoms with van der Waals surface area (Å²) in [5.41, 5.74) is 3.01. The van der Waals surface area contributed by atoms with Gasteiger partial charge in [0.15, 0.2) is 0 Å². The van der Waals surface area contributed by atoms with Gasteiger partial charge >= 0.3 is 6.03 Å². The number of piperidine rings is 1. The van der Waals surface area contributed by atoms with Gasteiger partial charge in [0, 0.05) is 55.7 Å². The first kappa shape index (κ1) is 23.3. The molecule has 3 aliphatic heterocycles. The van der Waals surface area contributed by atoms with Gasteiger partial charge in [-0.25, -0.2) is 13.6 Å². The smallest absolute Gasteiger partial charge is 0.322 e. The first-order valence-corrected chi connectivity index (χ1v) is 11.9. The average Bonchev–Trinajstić information content (AvgIpc) is 2.83. The number of carbonyl (C=O) groups excluding carboxylic acids is 2. The molecule has 0 spiro atoms. The first-order valence-electron chi connectivity index (χ1n) is 11.9. The molecule has 5 rings (SSSR count). The zero-order chi connectivity index (χ0) is 24.5. The minimum Gasteiger partial charge on any atom is -0.355 e. The highest BCUT2D eigenvalue weighted by atomic mass is 19.1. The number of nitrogens with zero attached hydrogens (tertiary/aromatic N) is 4. The molecule has 3 heterocycles. The van der Waals surface area contributed by atoms with Crippen molar-refractivity contribution in [3.63, 3.8) is 0 Å². The van der Waals surface area contributed by atoms with Crippen LogP contribution in [0.2, 0.25) is 0 Å². The number of carbonyl (C=O) groups is 2. The van der Waals surface area contributed by atoms with Gasteiger partial charge in [0.05, 0.1) is 13.2 Å². The Hall–Kier alpha value is -3.46. The summed E-state index contributed by atoms with van der Waals surface area (Å²) in [6.45, 7) is 2.98. The van der Waals surface area contributed by atoms with E-state index in [-0.39, 0.29) is 24.5 Å². The number of fused-ring (bicyclic) bond motifs is 1. The Kier molecular flexibility index (Phi) is 6.42. The SMILES string of the molecule is CN1CC(c2ccc(F)cc2F)=CN(CC(=O)N2CCC(N3Cc4ccccc4NC3=O)CC2)C1. The van der Waals surface area contributed by atoms with E-state index in [9.17, 15) is 18.4 Å². The van der Waals surface area contributed by atoms with Crippen LogP contribution in [0.5, 0.6) is 0 Å². The lowest BCUT2D eigenvalue weighted by atomic mass is 10.0. The molecule has 3 amide bonds. The van der Waals surface area contributed by atoms with Gasteiger partial charge in [-0.3, -0.25) is 9.69 Å². The number of rotatable bonds is 4. The number of amides is 3. The Morgan fingerprint density at radius 3 is 2.63 bits per heavy atom. The van der Waals surface area contributed by atoms with Crippen molar-refractivity contribution in [1.29, 1.82) is 0 Å². The Labute approximate surface area is 203 Å². The largest absolute Gasteiger partial charge is 0.355 e. The zero-order valence-corrected chi connectivity index (χ0v) is 19.7. The maximum Gasteiger partial charge on any atom is 0.322 e. The minimum atomic E-state index is -0.613. The van der Waals surface area contributed by atoms with E-state index >= 15 is 0 Å². The summed E-state index contributed by atoms with van der Waals surface area (Å²) in [7, 11) is 1.90. The summed E-state index contributed by atoms with van der Waals surface area (Å²) in [6, 6.07) is 11.4. The molecular weight excluding hydrogens is 452 g/mol. The van der Waals surface area contributed by atoms with Gasteiger partial charge in [0.2, 0.25) is 5.91 Å². The summed E-state index contributed by atoms with van der Waals surface area (Å²) in [5, 5.41) is 2.97. The number of halogens is 2. The lowest BCUT2D eigenvalue weighted by molar-refractivity contribution is -0.133. The van der Waals surface area contributed by atoms with Crippen LogP contribution < -0.4 is 5.32 Å². The van der Waals surface area contributed by atoms with Crippen LogP contribution in [0.3, 0.4) is 0 Å². The molecule has 9 heteroatoms. The quantitative estimate of drug-likeness (QED) is 0.726. The molecule has 1 saturated heterocycles. The molecule has 184 valence electrons. The van der Waals surface area contributed by atoms with Gasteiger partial charge in [0.1, 0.15) is 11.6 Å². The van der Waals surface area contributed by atoms with Crippen LogP contribution in [0.4, 0.5) is 19.3 Å². The molecule has 0 saturated carbocycles. The van der Waals surface area contributed by atoms with Crippen molar-refractivity contribution in [2.75, 3.05) is 45.2 Å². The molecule has 1 N–H and O–H groups in total. The number of likely N-dealkylation sites (N-methyl/N-ethyl adjacent to an activating group) is 1. The summed E-state index contributed by atoms with van der Waals surface area (Å²) in [4.78, 5) is 33.3. The van der Waals surface area contributed by atoms with E-state index in [1.54, 1.807) is 6.20 Å². The van der Waals surface area contributed by atoms with Crippen LogP contribution in [0.25, 0.3) is 5.57 Å². The zero-order valence-electron chi connectivity index (χ0n) is 19.7. The fourth-order valence-electron chi connectivity index (χ4n) is 5.17. The lowest BCUT2D eigenvalue weighted by Gasteiger charge is -2.41. The van der Waals surface area contributed by atoms with Gasteiger partial charge in [-0.05, 0) is 49.2 Å². The van der Waals surface area contributed by atoms with Crippen molar-refractivity contribution < 1.29 is 18.4 Å². The molecule has 35 heavy (non-hydrogen) atoms. The maximum atomic E-state index is 14.3. The van der Waals surface area contributed by atoms with E-state index in [1.165, 1.54) is 12.1 Å². The Bertz CT molecular complexity index is 1160. The molecule has 2 aromatic rings. The summed E-state index contributed by atoms with van der Waals surface area (Å²) in [6.07, 6.45) is 3.25. The van der Waals surface area contributed by atoms with Crippen LogP contribution in [-0.4, -0.2) is 77.5 Å². The molecule has 0 atom stereocenters. The molecule has 0 aromatic heterocycles. The third-order valence-corrected chi connectivity index (χ3v) is 6.94. The number of benzene rings is 2. The summed E-state index contributed by atoms with van der Waals surface area (Å²) < 4.78 is 27.6. The highest BCUT2D eigenvalue weighted by Crippen LogP contribution is 2.28. The second-order valence-corrected chi connectivity index (χ2v) is 9.51. The predicted molar refractivity (Wildman–Crippen MR) is 129 cm³/mol. The van der Waals surface area contributed by atoms with Gasteiger partial charge in [-0.15, -0.1) is 0 Å². The second-order valence-electron chi connectivity index (χ2n) is 9.51. The fraction of sp³-hybridized carbons (Fsp3) is 0.385. The van der Waals surface area contributed by atoms with Gasteiger partial charge in [-0.1, -0.05) is 18.2 Å². The van der Waals surface area contributed by atoms with E-state index in [0.717, 1.165) is 30.2 Å². The fourth-order valence-corrected chi connectivity index (χ4v) is 5.17. The first-order chi connectivity index (χ1) is 16.9. The third kappa shape index (κ3) is 5.00. The van der Waals surface area contributed by atoms with E-state index in [1.807, 2.05) is 50.9 Å². The average molecular weight is 482 g/mol. The van der Waals surface area contributed by atoms with Crippen LogP contribution in [0.15, 0.2) is 48.7 Å². The second kappa shape index (κ2) is 9.65. The molecular formula is C26H29F2N5O2. The third-order valence-electron chi connectivity index (χ3n) is 6.94. The molecule has 0 unspecified atom stereocenters. The number of urea groups is 1. The van der Waals surface area contributed by atoms with Crippen molar-refractivity contribution in [1.82, 2.24) is 19.6 Å². The number of likely N-dealkylation sites (tertiary alicyclic amines) is 1. The molecule has 2 aromatic carbocycles. The monoisotopic (exact) mass is 481 g/mol. The van der Waals surface area contributed by atoms with Crippen molar-refractivity contribution in [3.05, 3.63) is 71.4 Å². The van der Waals surface area contributed by atoms with Crippen molar-refractivity contribution in [2.24, 2.45) is 0 Å². The van der Waals surface area contributed by atoms with Crippen molar-refractivity contribution in [2.45, 2.75) is 25.4 Å². The molecule has 7 nitrogen and oxygen atoms in total. The lowest BCUT2D eigenvalue weighted by Crippen LogP contribution is -2.52. The molecule has 3 aliphatic rings. The Balaban J connectivity index is 1.19. The number of anilines is 1. The Morgan fingerprint density at radius 2 is 1.86 bits per heavy atom. The Morgan fingerprint density at radius 1 is 1.09 bits per heavy atom. The van der Waals surface area contributed by atoms with Crippen LogP contribution in [-0.2, 0) is 11.3 Å². The van der Waals surface area contributed by atoms with Crippen molar-refractivity contribution >= 4 is 23.2 Å². The molecule has 0 radical (unpaired) electrons. The minimum absolute atomic E-state index is 0.00219. The van der Waals surface area contributed by atoms with E-state index in [4.69, 9.17) is 0 Å².